The molecule has 0 amide bonds. The van der Waals surface area contributed by atoms with Crippen LogP contribution in [0.4, 0.5) is 0 Å². The molecule has 130 valence electrons. The summed E-state index contributed by atoms with van der Waals surface area (Å²) >= 11 is 0. The quantitative estimate of drug-likeness (QED) is 0.833. The van der Waals surface area contributed by atoms with E-state index in [4.69, 9.17) is 10.00 Å². The molecule has 0 saturated carbocycles. The molecule has 1 aromatic rings. The van der Waals surface area contributed by atoms with Crippen molar-refractivity contribution in [3.63, 3.8) is 0 Å². The summed E-state index contributed by atoms with van der Waals surface area (Å²) in [6, 6.07) is 10.2. The summed E-state index contributed by atoms with van der Waals surface area (Å²) in [5.74, 6) is 0. The lowest BCUT2D eigenvalue weighted by molar-refractivity contribution is -0.0490. The summed E-state index contributed by atoms with van der Waals surface area (Å²) < 4.78 is 5.58. The van der Waals surface area contributed by atoms with E-state index in [9.17, 15) is 0 Å². The Hall–Kier alpha value is -1.41. The molecule has 0 atom stereocenters. The molecule has 0 unspecified atom stereocenters. The van der Waals surface area contributed by atoms with Crippen molar-refractivity contribution in [1.82, 2.24) is 9.80 Å². The highest BCUT2D eigenvalue weighted by atomic mass is 16.5. The first-order valence-electron chi connectivity index (χ1n) is 9.30. The molecule has 3 rings (SSSR count). The molecule has 4 heteroatoms. The van der Waals surface area contributed by atoms with Crippen LogP contribution in [-0.2, 0) is 11.2 Å². The molecular formula is C20H29N3O. The predicted octanol–water partition coefficient (Wildman–Crippen LogP) is 2.68. The molecule has 0 aliphatic carbocycles. The van der Waals surface area contributed by atoms with Crippen molar-refractivity contribution in [2.75, 3.05) is 45.9 Å². The first kappa shape index (κ1) is 17.4. The highest BCUT2D eigenvalue weighted by Crippen LogP contribution is 2.32. The number of nitrogens with zero attached hydrogens (tertiary/aromatic N) is 3. The lowest BCUT2D eigenvalue weighted by Crippen LogP contribution is -2.58. The third-order valence-corrected chi connectivity index (χ3v) is 5.90. The number of benzene rings is 1. The maximum atomic E-state index is 9.00. The maximum Gasteiger partial charge on any atom is 0.0991 e. The zero-order valence-electron chi connectivity index (χ0n) is 14.8. The van der Waals surface area contributed by atoms with Crippen LogP contribution in [0.25, 0.3) is 0 Å². The van der Waals surface area contributed by atoms with E-state index in [-0.39, 0.29) is 0 Å². The molecule has 0 radical (unpaired) electrons. The average Bonchev–Trinajstić information content (AvgIpc) is 2.67. The van der Waals surface area contributed by atoms with Crippen LogP contribution in [-0.4, -0.2) is 61.3 Å². The van der Waals surface area contributed by atoms with E-state index in [1.54, 1.807) is 0 Å². The molecule has 2 aliphatic heterocycles. The van der Waals surface area contributed by atoms with Gasteiger partial charge < -0.3 is 9.64 Å². The van der Waals surface area contributed by atoms with Crippen molar-refractivity contribution < 1.29 is 4.74 Å². The highest BCUT2D eigenvalue weighted by Gasteiger charge is 2.38. The Bertz CT molecular complexity index is 566. The van der Waals surface area contributed by atoms with E-state index in [0.29, 0.717) is 5.54 Å². The van der Waals surface area contributed by atoms with Gasteiger partial charge in [-0.05, 0) is 43.4 Å². The van der Waals surface area contributed by atoms with Crippen LogP contribution in [0.5, 0.6) is 0 Å². The summed E-state index contributed by atoms with van der Waals surface area (Å²) in [4.78, 5) is 5.29. The minimum Gasteiger partial charge on any atom is -0.381 e. The average molecular weight is 327 g/mol. The zero-order chi connectivity index (χ0) is 16.8. The summed E-state index contributed by atoms with van der Waals surface area (Å²) in [5.41, 5.74) is 2.42. The van der Waals surface area contributed by atoms with Gasteiger partial charge in [0.05, 0.1) is 11.6 Å². The fourth-order valence-electron chi connectivity index (χ4n) is 4.17. The van der Waals surface area contributed by atoms with Gasteiger partial charge in [-0.15, -0.1) is 0 Å². The van der Waals surface area contributed by atoms with E-state index < -0.39 is 0 Å². The van der Waals surface area contributed by atoms with Crippen molar-refractivity contribution in [1.29, 1.82) is 5.26 Å². The van der Waals surface area contributed by atoms with Crippen LogP contribution in [0, 0.1) is 11.3 Å². The molecule has 0 aromatic heterocycles. The van der Waals surface area contributed by atoms with Gasteiger partial charge >= 0.3 is 0 Å². The fraction of sp³-hybridized carbons (Fsp3) is 0.650. The zero-order valence-corrected chi connectivity index (χ0v) is 14.8. The molecule has 0 spiro atoms. The second-order valence-corrected chi connectivity index (χ2v) is 7.08. The van der Waals surface area contributed by atoms with Crippen LogP contribution in [0.3, 0.4) is 0 Å². The highest BCUT2D eigenvalue weighted by molar-refractivity contribution is 5.32. The van der Waals surface area contributed by atoms with Crippen molar-refractivity contribution in [3.05, 3.63) is 35.4 Å². The van der Waals surface area contributed by atoms with Gasteiger partial charge in [0.25, 0.3) is 0 Å². The normalized spacial score (nSPS) is 22.2. The number of hydrogen-bond donors (Lipinski definition) is 0. The lowest BCUT2D eigenvalue weighted by Gasteiger charge is -2.49. The van der Waals surface area contributed by atoms with Gasteiger partial charge in [0.2, 0.25) is 0 Å². The summed E-state index contributed by atoms with van der Waals surface area (Å²) in [6.45, 7) is 9.91. The molecule has 0 N–H and O–H groups in total. The van der Waals surface area contributed by atoms with Gasteiger partial charge in [-0.1, -0.05) is 19.1 Å². The van der Waals surface area contributed by atoms with E-state index in [1.165, 1.54) is 37.9 Å². The van der Waals surface area contributed by atoms with Crippen LogP contribution in [0.2, 0.25) is 0 Å². The second kappa shape index (κ2) is 8.11. The predicted molar refractivity (Wildman–Crippen MR) is 95.9 cm³/mol. The van der Waals surface area contributed by atoms with E-state index in [2.05, 4.69) is 28.9 Å². The van der Waals surface area contributed by atoms with Crippen molar-refractivity contribution in [2.24, 2.45) is 0 Å². The minimum atomic E-state index is 0.380. The molecule has 1 aromatic carbocycles. The molecular weight excluding hydrogens is 298 g/mol. The first-order chi connectivity index (χ1) is 11.8. The van der Waals surface area contributed by atoms with Crippen LogP contribution in [0.1, 0.15) is 37.3 Å². The summed E-state index contributed by atoms with van der Waals surface area (Å²) in [6.07, 6.45) is 4.63. The van der Waals surface area contributed by atoms with Gasteiger partial charge in [-0.25, -0.2) is 0 Å². The lowest BCUT2D eigenvalue weighted by atomic mass is 9.85. The standard InChI is InChI=1S/C20H29N3O/c1-2-20(7-14-24-15-8-20)23-12-10-22(11-13-23)9-6-18-4-3-5-19(16-18)17-21/h3-5,16H,2,6-15H2,1H3. The third kappa shape index (κ3) is 3.97. The van der Waals surface area contributed by atoms with Crippen LogP contribution < -0.4 is 0 Å². The monoisotopic (exact) mass is 327 g/mol. The minimum absolute atomic E-state index is 0.380. The summed E-state index contributed by atoms with van der Waals surface area (Å²) in [5, 5.41) is 9.00. The SMILES string of the molecule is CCC1(N2CCN(CCc3cccc(C#N)c3)CC2)CCOCC1. The Balaban J connectivity index is 1.49. The number of piperazine rings is 1. The molecule has 0 bridgehead atoms. The van der Waals surface area contributed by atoms with Crippen LogP contribution in [0.15, 0.2) is 24.3 Å². The Morgan fingerprint density at radius 3 is 2.58 bits per heavy atom. The molecule has 2 saturated heterocycles. The summed E-state index contributed by atoms with van der Waals surface area (Å²) in [7, 11) is 0. The number of ether oxygens (including phenoxy) is 1. The van der Waals surface area contributed by atoms with Crippen molar-refractivity contribution in [3.8, 4) is 6.07 Å². The van der Waals surface area contributed by atoms with Gasteiger partial charge in [0.15, 0.2) is 0 Å². The molecule has 2 aliphatic rings. The smallest absolute Gasteiger partial charge is 0.0991 e. The van der Waals surface area contributed by atoms with Gasteiger partial charge in [-0.2, -0.15) is 5.26 Å². The number of nitriles is 1. The maximum absolute atomic E-state index is 9.00. The van der Waals surface area contributed by atoms with Gasteiger partial charge in [0.1, 0.15) is 0 Å². The van der Waals surface area contributed by atoms with Crippen LogP contribution >= 0.6 is 0 Å². The number of rotatable bonds is 5. The Labute approximate surface area is 146 Å². The van der Waals surface area contributed by atoms with Gasteiger partial charge in [0, 0.05) is 51.5 Å². The van der Waals surface area contributed by atoms with Crippen molar-refractivity contribution in [2.45, 2.75) is 38.1 Å². The van der Waals surface area contributed by atoms with E-state index in [1.807, 2.05) is 18.2 Å². The van der Waals surface area contributed by atoms with Crippen molar-refractivity contribution >= 4 is 0 Å². The fourth-order valence-corrected chi connectivity index (χ4v) is 4.17. The molecule has 24 heavy (non-hydrogen) atoms. The molecule has 2 fully saturated rings. The first-order valence-corrected chi connectivity index (χ1v) is 9.30. The largest absolute Gasteiger partial charge is 0.381 e. The van der Waals surface area contributed by atoms with E-state index >= 15 is 0 Å². The Morgan fingerprint density at radius 1 is 1.17 bits per heavy atom. The Kier molecular flexibility index (Phi) is 5.89. The second-order valence-electron chi connectivity index (χ2n) is 7.08. The van der Waals surface area contributed by atoms with Gasteiger partial charge in [-0.3, -0.25) is 4.90 Å². The molecule has 2 heterocycles. The third-order valence-electron chi connectivity index (χ3n) is 5.90. The molecule has 4 nitrogen and oxygen atoms in total. The Morgan fingerprint density at radius 2 is 1.92 bits per heavy atom. The number of hydrogen-bond acceptors (Lipinski definition) is 4. The van der Waals surface area contributed by atoms with E-state index in [0.717, 1.165) is 44.8 Å². The topological polar surface area (TPSA) is 39.5 Å².